The molecule has 0 saturated heterocycles. The summed E-state index contributed by atoms with van der Waals surface area (Å²) in [6.45, 7) is 5.54. The molecule has 0 atom stereocenters. The van der Waals surface area contributed by atoms with Crippen molar-refractivity contribution < 1.29 is 22.9 Å². The van der Waals surface area contributed by atoms with Crippen molar-refractivity contribution in [2.45, 2.75) is 26.3 Å². The molecule has 158 valence electrons. The highest BCUT2D eigenvalue weighted by Crippen LogP contribution is 2.32. The van der Waals surface area contributed by atoms with Gasteiger partial charge in [0.2, 0.25) is 5.76 Å². The highest BCUT2D eigenvalue weighted by molar-refractivity contribution is 6.14. The normalized spacial score (nSPS) is 11.5. The van der Waals surface area contributed by atoms with Crippen LogP contribution in [0.15, 0.2) is 63.5 Å². The third-order valence-electron chi connectivity index (χ3n) is 4.40. The summed E-state index contributed by atoms with van der Waals surface area (Å²) in [7, 11) is 0. The van der Waals surface area contributed by atoms with Gasteiger partial charge in [-0.3, -0.25) is 9.59 Å². The van der Waals surface area contributed by atoms with E-state index in [0.29, 0.717) is 22.3 Å². The Morgan fingerprint density at radius 1 is 1.00 bits per heavy atom. The summed E-state index contributed by atoms with van der Waals surface area (Å²) in [5.41, 5.74) is 0.796. The van der Waals surface area contributed by atoms with Gasteiger partial charge >= 0.3 is 0 Å². The summed E-state index contributed by atoms with van der Waals surface area (Å²) in [4.78, 5) is 25.6. The number of nitrogens with zero attached hydrogens (tertiary/aromatic N) is 1. The summed E-state index contributed by atoms with van der Waals surface area (Å²) >= 11 is 0. The first-order chi connectivity index (χ1) is 14.7. The largest absolute Gasteiger partial charge is 0.449 e. The molecule has 0 spiro atoms. The molecule has 0 aliphatic carbocycles. The minimum atomic E-state index is -0.575. The van der Waals surface area contributed by atoms with E-state index in [1.54, 1.807) is 24.3 Å². The number of para-hydroxylation sites is 1. The lowest BCUT2D eigenvalue weighted by Crippen LogP contribution is -2.40. The molecule has 7 nitrogen and oxygen atoms in total. The van der Waals surface area contributed by atoms with Crippen LogP contribution in [0.2, 0.25) is 0 Å². The molecular weight excluding hydrogens is 401 g/mol. The molecule has 2 amide bonds. The second-order valence-electron chi connectivity index (χ2n) is 8.04. The van der Waals surface area contributed by atoms with E-state index in [4.69, 9.17) is 8.94 Å². The smallest absolute Gasteiger partial charge is 0.289 e. The van der Waals surface area contributed by atoms with E-state index in [1.807, 2.05) is 20.8 Å². The van der Waals surface area contributed by atoms with Gasteiger partial charge in [0.25, 0.3) is 11.8 Å². The van der Waals surface area contributed by atoms with Crippen LogP contribution in [-0.4, -0.2) is 22.5 Å². The molecule has 4 aromatic rings. The van der Waals surface area contributed by atoms with Crippen molar-refractivity contribution in [1.82, 2.24) is 10.5 Å². The van der Waals surface area contributed by atoms with E-state index in [1.165, 1.54) is 30.3 Å². The third-order valence-corrected chi connectivity index (χ3v) is 4.40. The Bertz CT molecular complexity index is 1270. The second kappa shape index (κ2) is 7.71. The zero-order chi connectivity index (χ0) is 22.2. The van der Waals surface area contributed by atoms with Gasteiger partial charge in [0.05, 0.1) is 0 Å². The minimum absolute atomic E-state index is 0.00628. The number of benzene rings is 2. The van der Waals surface area contributed by atoms with Crippen molar-refractivity contribution in [3.05, 3.63) is 71.9 Å². The highest BCUT2D eigenvalue weighted by Gasteiger charge is 2.26. The van der Waals surface area contributed by atoms with Crippen LogP contribution in [0.3, 0.4) is 0 Å². The van der Waals surface area contributed by atoms with Crippen molar-refractivity contribution in [3.8, 4) is 11.3 Å². The fraction of sp³-hybridized carbons (Fsp3) is 0.174. The number of rotatable bonds is 4. The maximum absolute atomic E-state index is 13.1. The van der Waals surface area contributed by atoms with Crippen LogP contribution in [0, 0.1) is 5.82 Å². The second-order valence-corrected chi connectivity index (χ2v) is 8.04. The predicted octanol–water partition coefficient (Wildman–Crippen LogP) is 5.01. The quantitative estimate of drug-likeness (QED) is 0.483. The molecule has 0 aliphatic heterocycles. The lowest BCUT2D eigenvalue weighted by Gasteiger charge is -2.19. The van der Waals surface area contributed by atoms with Crippen LogP contribution in [0.1, 0.15) is 41.8 Å². The molecular formula is C23H20FN3O4. The van der Waals surface area contributed by atoms with Crippen molar-refractivity contribution >= 4 is 28.5 Å². The first kappa shape index (κ1) is 20.3. The van der Waals surface area contributed by atoms with Crippen molar-refractivity contribution in [1.29, 1.82) is 0 Å². The molecule has 0 aliphatic rings. The van der Waals surface area contributed by atoms with Crippen LogP contribution in [-0.2, 0) is 0 Å². The molecule has 0 unspecified atom stereocenters. The molecule has 0 radical (unpaired) electrons. The Morgan fingerprint density at radius 2 is 1.71 bits per heavy atom. The maximum Gasteiger partial charge on any atom is 0.289 e. The van der Waals surface area contributed by atoms with Gasteiger partial charge < -0.3 is 19.6 Å². The molecule has 31 heavy (non-hydrogen) atoms. The van der Waals surface area contributed by atoms with E-state index in [2.05, 4.69) is 15.8 Å². The van der Waals surface area contributed by atoms with Crippen molar-refractivity contribution in [2.24, 2.45) is 0 Å². The molecule has 0 bridgehead atoms. The number of hydrogen-bond acceptors (Lipinski definition) is 5. The van der Waals surface area contributed by atoms with Crippen LogP contribution in [0.5, 0.6) is 0 Å². The van der Waals surface area contributed by atoms with E-state index in [0.717, 1.165) is 0 Å². The van der Waals surface area contributed by atoms with Gasteiger partial charge in [0.1, 0.15) is 17.1 Å². The Balaban J connectivity index is 1.65. The number of hydrogen-bond donors (Lipinski definition) is 2. The zero-order valence-electron chi connectivity index (χ0n) is 17.2. The molecule has 2 aromatic heterocycles. The summed E-state index contributed by atoms with van der Waals surface area (Å²) < 4.78 is 24.1. The molecule has 2 aromatic carbocycles. The van der Waals surface area contributed by atoms with Gasteiger partial charge in [-0.2, -0.15) is 0 Å². The molecule has 0 saturated carbocycles. The Hall–Kier alpha value is -3.94. The number of fused-ring (bicyclic) bond motifs is 1. The van der Waals surface area contributed by atoms with Crippen LogP contribution >= 0.6 is 0 Å². The molecule has 2 heterocycles. The SMILES string of the molecule is CC(C)(C)NC(=O)c1oc2ccccc2c1NC(=O)c1cc(-c2ccc(F)cc2)on1. The van der Waals surface area contributed by atoms with Gasteiger partial charge in [-0.1, -0.05) is 17.3 Å². The van der Waals surface area contributed by atoms with E-state index in [-0.39, 0.29) is 23.0 Å². The van der Waals surface area contributed by atoms with Gasteiger partial charge in [0.15, 0.2) is 11.5 Å². The third kappa shape index (κ3) is 4.32. The first-order valence-electron chi connectivity index (χ1n) is 9.59. The van der Waals surface area contributed by atoms with Crippen LogP contribution in [0.4, 0.5) is 10.1 Å². The number of carbonyl (C=O) groups is 2. The zero-order valence-corrected chi connectivity index (χ0v) is 17.2. The van der Waals surface area contributed by atoms with Crippen LogP contribution < -0.4 is 10.6 Å². The fourth-order valence-corrected chi connectivity index (χ4v) is 3.04. The van der Waals surface area contributed by atoms with E-state index in [9.17, 15) is 14.0 Å². The Labute approximate surface area is 177 Å². The van der Waals surface area contributed by atoms with Crippen LogP contribution in [0.25, 0.3) is 22.3 Å². The number of carbonyl (C=O) groups excluding carboxylic acids is 2. The molecule has 0 fully saturated rings. The first-order valence-corrected chi connectivity index (χ1v) is 9.59. The number of amides is 2. The topological polar surface area (TPSA) is 97.4 Å². The number of furan rings is 1. The monoisotopic (exact) mass is 421 g/mol. The Kier molecular flexibility index (Phi) is 5.06. The Morgan fingerprint density at radius 3 is 2.42 bits per heavy atom. The standard InChI is InChI=1S/C23H20FN3O4/c1-23(2,3)26-22(29)20-19(15-6-4-5-7-17(15)30-20)25-21(28)16-12-18(31-27-16)13-8-10-14(24)11-9-13/h4-12H,1-3H3,(H,25,28)(H,26,29). The van der Waals surface area contributed by atoms with Crippen molar-refractivity contribution in [3.63, 3.8) is 0 Å². The summed E-state index contributed by atoms with van der Waals surface area (Å²) in [6, 6.07) is 14.1. The summed E-state index contributed by atoms with van der Waals surface area (Å²) in [5.74, 6) is -1.10. The summed E-state index contributed by atoms with van der Waals surface area (Å²) in [5, 5.41) is 9.92. The average Bonchev–Trinajstić information content (AvgIpc) is 3.33. The number of nitrogens with one attached hydrogen (secondary N) is 2. The number of halogens is 1. The molecule has 8 heteroatoms. The van der Waals surface area contributed by atoms with Gasteiger partial charge in [-0.05, 0) is 57.2 Å². The fourth-order valence-electron chi connectivity index (χ4n) is 3.04. The molecule has 2 N–H and O–H groups in total. The highest BCUT2D eigenvalue weighted by atomic mass is 19.1. The minimum Gasteiger partial charge on any atom is -0.449 e. The lowest BCUT2D eigenvalue weighted by molar-refractivity contribution is 0.0894. The van der Waals surface area contributed by atoms with Gasteiger partial charge in [-0.25, -0.2) is 4.39 Å². The number of aromatic nitrogens is 1. The van der Waals surface area contributed by atoms with Gasteiger partial charge in [0, 0.05) is 22.6 Å². The lowest BCUT2D eigenvalue weighted by atomic mass is 10.1. The predicted molar refractivity (Wildman–Crippen MR) is 113 cm³/mol. The van der Waals surface area contributed by atoms with Crippen molar-refractivity contribution in [2.75, 3.05) is 5.32 Å². The average molecular weight is 421 g/mol. The van der Waals surface area contributed by atoms with E-state index >= 15 is 0 Å². The van der Waals surface area contributed by atoms with Gasteiger partial charge in [-0.15, -0.1) is 0 Å². The molecule has 4 rings (SSSR count). The maximum atomic E-state index is 13.1. The summed E-state index contributed by atoms with van der Waals surface area (Å²) in [6.07, 6.45) is 0. The van der Waals surface area contributed by atoms with E-state index < -0.39 is 17.4 Å². The number of anilines is 1.